The molecule has 0 saturated carbocycles. The van der Waals surface area contributed by atoms with Crippen molar-refractivity contribution in [2.45, 2.75) is 61.3 Å². The summed E-state index contributed by atoms with van der Waals surface area (Å²) in [6.07, 6.45) is -14.8. The molecule has 0 aromatic rings. The fourth-order valence-corrected chi connectivity index (χ4v) is 2.60. The number of carbonyl (C=O) groups is 6. The van der Waals surface area contributed by atoms with Crippen LogP contribution in [0.15, 0.2) is 0 Å². The molecule has 6 atom stereocenters. The average molecular weight is 530 g/mol. The molecule has 0 fully saturated rings. The van der Waals surface area contributed by atoms with Crippen molar-refractivity contribution >= 4 is 35.8 Å². The van der Waals surface area contributed by atoms with Gasteiger partial charge in [-0.1, -0.05) is 0 Å². The van der Waals surface area contributed by atoms with Gasteiger partial charge in [-0.25, -0.2) is 9.59 Å². The van der Waals surface area contributed by atoms with E-state index in [0.29, 0.717) is 0 Å². The van der Waals surface area contributed by atoms with Crippen LogP contribution in [0.2, 0.25) is 0 Å². The van der Waals surface area contributed by atoms with E-state index >= 15 is 0 Å². The highest BCUT2D eigenvalue weighted by Gasteiger charge is 2.44. The van der Waals surface area contributed by atoms with E-state index in [2.05, 4.69) is 9.47 Å². The van der Waals surface area contributed by atoms with Crippen LogP contribution in [0.5, 0.6) is 0 Å². The minimum atomic E-state index is -3.19. The van der Waals surface area contributed by atoms with Crippen LogP contribution in [0.1, 0.15) is 25.7 Å². The number of ether oxygens (including phenoxy) is 2. The lowest BCUT2D eigenvalue weighted by atomic mass is 9.95. The van der Waals surface area contributed by atoms with Gasteiger partial charge in [0.2, 0.25) is 0 Å². The maximum absolute atomic E-state index is 12.1. The van der Waals surface area contributed by atoms with Crippen molar-refractivity contribution in [3.63, 3.8) is 0 Å². The molecule has 0 radical (unpaired) electrons. The minimum Gasteiger partial charge on any atom is -0.481 e. The highest BCUT2D eigenvalue weighted by atomic mass is 16.6. The predicted molar refractivity (Wildman–Crippen MR) is 105 cm³/mol. The highest BCUT2D eigenvalue weighted by molar-refractivity contribution is 5.89. The summed E-state index contributed by atoms with van der Waals surface area (Å²) in [5.41, 5.74) is -6.32. The molecule has 18 nitrogen and oxygen atoms in total. The first-order valence-corrected chi connectivity index (χ1v) is 9.73. The third-order valence-corrected chi connectivity index (χ3v) is 4.56. The van der Waals surface area contributed by atoms with Crippen LogP contribution in [0.4, 0.5) is 0 Å². The fourth-order valence-electron chi connectivity index (χ4n) is 2.60. The second-order valence-electron chi connectivity index (χ2n) is 7.61. The zero-order valence-corrected chi connectivity index (χ0v) is 18.3. The third kappa shape index (κ3) is 10.1. The van der Waals surface area contributed by atoms with Crippen molar-refractivity contribution in [3.05, 3.63) is 0 Å². The quantitative estimate of drug-likeness (QED) is 0.0785. The minimum absolute atomic E-state index is 1.13. The zero-order valence-electron chi connectivity index (χ0n) is 18.3. The van der Waals surface area contributed by atoms with Gasteiger partial charge in [0.05, 0.1) is 32.3 Å². The summed E-state index contributed by atoms with van der Waals surface area (Å²) in [5.74, 6) is -11.2. The summed E-state index contributed by atoms with van der Waals surface area (Å²) in [4.78, 5) is 67.9. The van der Waals surface area contributed by atoms with Crippen LogP contribution < -0.4 is 0 Å². The van der Waals surface area contributed by atoms with Gasteiger partial charge < -0.3 is 60.5 Å². The van der Waals surface area contributed by atoms with Gasteiger partial charge in [-0.05, 0) is 0 Å². The zero-order chi connectivity index (χ0) is 28.4. The number of carboxylic acids is 4. The molecule has 36 heavy (non-hydrogen) atoms. The number of aliphatic hydroxyl groups excluding tert-OH is 4. The van der Waals surface area contributed by atoms with E-state index in [1.165, 1.54) is 0 Å². The second-order valence-corrected chi connectivity index (χ2v) is 7.61. The van der Waals surface area contributed by atoms with Gasteiger partial charge in [0.25, 0.3) is 0 Å². The molecular weight excluding hydrogens is 504 g/mol. The Morgan fingerprint density at radius 3 is 1.44 bits per heavy atom. The van der Waals surface area contributed by atoms with E-state index in [1.807, 2.05) is 0 Å². The molecule has 0 spiro atoms. The van der Waals surface area contributed by atoms with Crippen molar-refractivity contribution < 1.29 is 89.3 Å². The molecule has 0 saturated heterocycles. The summed E-state index contributed by atoms with van der Waals surface area (Å²) in [6.45, 7) is -2.40. The molecule has 0 heterocycles. The Morgan fingerprint density at radius 1 is 0.667 bits per heavy atom. The molecule has 0 aliphatic heterocycles. The van der Waals surface area contributed by atoms with Gasteiger partial charge in [0, 0.05) is 0 Å². The SMILES string of the molecule is O=C(O)CC(O)(CC(=O)OC[C@H](OC(=O)CC(O)(CC(=O)O)C(=O)O)[C@@H](O)[C@H](O)[C@H](O)CO)C(=O)O. The van der Waals surface area contributed by atoms with Crippen LogP contribution >= 0.6 is 0 Å². The number of esters is 2. The van der Waals surface area contributed by atoms with Crippen molar-refractivity contribution in [1.82, 2.24) is 0 Å². The number of aliphatic carboxylic acids is 4. The normalized spacial score (nSPS) is 17.8. The van der Waals surface area contributed by atoms with Crippen LogP contribution in [-0.4, -0.2) is 136 Å². The van der Waals surface area contributed by atoms with Crippen molar-refractivity contribution in [1.29, 1.82) is 0 Å². The predicted octanol–water partition coefficient (Wildman–Crippen LogP) is -5.12. The number of hydrogen-bond acceptors (Lipinski definition) is 14. The van der Waals surface area contributed by atoms with Gasteiger partial charge in [-0.2, -0.15) is 0 Å². The van der Waals surface area contributed by atoms with Crippen molar-refractivity contribution in [3.8, 4) is 0 Å². The molecule has 206 valence electrons. The van der Waals surface area contributed by atoms with Gasteiger partial charge in [0.1, 0.15) is 24.9 Å². The Bertz CT molecular complexity index is 840. The van der Waals surface area contributed by atoms with Crippen LogP contribution in [-0.2, 0) is 38.2 Å². The van der Waals surface area contributed by atoms with Crippen molar-refractivity contribution in [2.24, 2.45) is 0 Å². The lowest BCUT2D eigenvalue weighted by Crippen LogP contribution is -2.50. The maximum atomic E-state index is 12.1. The lowest BCUT2D eigenvalue weighted by molar-refractivity contribution is -0.187. The number of carbonyl (C=O) groups excluding carboxylic acids is 2. The van der Waals surface area contributed by atoms with Gasteiger partial charge in [-0.3, -0.25) is 19.2 Å². The Labute approximate surface area is 200 Å². The molecule has 0 bridgehead atoms. The molecule has 10 N–H and O–H groups in total. The van der Waals surface area contributed by atoms with Crippen LogP contribution in [0, 0.1) is 0 Å². The molecule has 0 amide bonds. The second kappa shape index (κ2) is 13.6. The summed E-state index contributed by atoms with van der Waals surface area (Å²) >= 11 is 0. The van der Waals surface area contributed by atoms with E-state index in [0.717, 1.165) is 0 Å². The summed E-state index contributed by atoms with van der Waals surface area (Å²) in [6, 6.07) is 0. The van der Waals surface area contributed by atoms with E-state index in [9.17, 15) is 54.3 Å². The van der Waals surface area contributed by atoms with E-state index in [1.54, 1.807) is 0 Å². The van der Waals surface area contributed by atoms with Crippen LogP contribution in [0.3, 0.4) is 0 Å². The van der Waals surface area contributed by atoms with Crippen molar-refractivity contribution in [2.75, 3.05) is 13.2 Å². The van der Waals surface area contributed by atoms with Crippen LogP contribution in [0.25, 0.3) is 0 Å². The molecule has 0 aromatic carbocycles. The average Bonchev–Trinajstić information content (AvgIpc) is 2.73. The molecule has 0 rings (SSSR count). The largest absolute Gasteiger partial charge is 0.481 e. The Kier molecular flexibility index (Phi) is 12.3. The summed E-state index contributed by atoms with van der Waals surface area (Å²) in [5, 5.41) is 93.5. The smallest absolute Gasteiger partial charge is 0.336 e. The Balaban J connectivity index is 5.68. The molecule has 2 unspecified atom stereocenters. The third-order valence-electron chi connectivity index (χ3n) is 4.56. The summed E-state index contributed by atoms with van der Waals surface area (Å²) < 4.78 is 9.18. The highest BCUT2D eigenvalue weighted by Crippen LogP contribution is 2.20. The molecule has 0 aromatic heterocycles. The Morgan fingerprint density at radius 2 is 1.08 bits per heavy atom. The van der Waals surface area contributed by atoms with Gasteiger partial charge >= 0.3 is 35.8 Å². The first-order valence-electron chi connectivity index (χ1n) is 9.73. The molecule has 0 aliphatic carbocycles. The van der Waals surface area contributed by atoms with E-state index in [-0.39, 0.29) is 0 Å². The topological polar surface area (TPSA) is 323 Å². The maximum Gasteiger partial charge on any atom is 0.336 e. The lowest BCUT2D eigenvalue weighted by Gasteiger charge is -2.29. The number of carboxylic acid groups (broad SMARTS) is 4. The number of rotatable bonds is 17. The van der Waals surface area contributed by atoms with E-state index in [4.69, 9.17) is 25.5 Å². The first kappa shape index (κ1) is 32.6. The fraction of sp³-hybridized carbons (Fsp3) is 0.667. The van der Waals surface area contributed by atoms with Gasteiger partial charge in [-0.15, -0.1) is 0 Å². The summed E-state index contributed by atoms with van der Waals surface area (Å²) in [7, 11) is 0. The number of aliphatic hydroxyl groups is 6. The first-order chi connectivity index (χ1) is 16.4. The molecule has 0 aliphatic rings. The van der Waals surface area contributed by atoms with E-state index < -0.39 is 110 Å². The van der Waals surface area contributed by atoms with Gasteiger partial charge in [0.15, 0.2) is 17.3 Å². The number of hydrogen-bond donors (Lipinski definition) is 10. The molecular formula is C18H26O18. The monoisotopic (exact) mass is 530 g/mol. The Hall–Kier alpha value is -3.42. The standard InChI is InChI=1S/C18H26O18/c19-5-7(20)13(27)14(28)8(36-12(26)4-18(34,16(31)32)2-10(23)24)6-35-11(25)3-17(33,15(29)30)1-9(21)22/h7-8,13-14,19-20,27-28,33-34H,1-6H2,(H,21,22)(H,23,24)(H,29,30)(H,31,32)/t7-,8+,13-,14-,17?,18?/m1/s1. The molecule has 18 heteroatoms.